The van der Waals surface area contributed by atoms with Gasteiger partial charge in [0.15, 0.2) is 11.5 Å². The number of nitriles is 1. The second-order valence-electron chi connectivity index (χ2n) is 2.46. The largest absolute Gasteiger partial charge is 0.476 e. The van der Waals surface area contributed by atoms with Gasteiger partial charge in [0.1, 0.15) is 6.07 Å². The first-order valence-electron chi connectivity index (χ1n) is 3.59. The molecule has 1 heterocycles. The second-order valence-corrected chi connectivity index (χ2v) is 2.46. The molecule has 1 N–H and O–H groups in total. The van der Waals surface area contributed by atoms with E-state index in [-0.39, 0.29) is 0 Å². The van der Waals surface area contributed by atoms with Crippen molar-refractivity contribution in [2.75, 3.05) is 0 Å². The number of carbonyl (C=O) groups is 1. The third-order valence-electron chi connectivity index (χ3n) is 1.60. The van der Waals surface area contributed by atoms with Gasteiger partial charge in [-0.2, -0.15) is 5.26 Å². The maximum atomic E-state index is 12.8. The summed E-state index contributed by atoms with van der Waals surface area (Å²) in [6.45, 7) is 0. The lowest BCUT2D eigenvalue weighted by atomic mass is 10.1. The molecule has 0 amide bonds. The molecule has 0 spiro atoms. The number of aromatic nitrogens is 1. The van der Waals surface area contributed by atoms with Crippen molar-refractivity contribution in [2.45, 2.75) is 6.43 Å². The van der Waals surface area contributed by atoms with E-state index in [1.165, 1.54) is 6.07 Å². The minimum atomic E-state index is -3.26. The van der Waals surface area contributed by atoms with Crippen LogP contribution in [0.5, 0.6) is 0 Å². The Bertz CT molecular complexity index is 454. The van der Waals surface area contributed by atoms with Gasteiger partial charge in [-0.1, -0.05) is 0 Å². The Morgan fingerprint density at radius 1 is 1.60 bits per heavy atom. The van der Waals surface area contributed by atoms with Crippen molar-refractivity contribution in [3.8, 4) is 6.07 Å². The van der Waals surface area contributed by atoms with Gasteiger partial charge in [-0.3, -0.25) is 0 Å². The zero-order valence-corrected chi connectivity index (χ0v) is 7.04. The highest BCUT2D eigenvalue weighted by Gasteiger charge is 2.25. The van der Waals surface area contributed by atoms with Crippen LogP contribution in [0.1, 0.15) is 28.0 Å². The van der Waals surface area contributed by atoms with E-state index in [1.54, 1.807) is 0 Å². The maximum Gasteiger partial charge on any atom is 0.355 e. The van der Waals surface area contributed by atoms with Crippen LogP contribution in [-0.4, -0.2) is 16.1 Å². The number of pyridine rings is 1. The number of nitrogens with zero attached hydrogens (tertiary/aromatic N) is 2. The van der Waals surface area contributed by atoms with Crippen molar-refractivity contribution in [2.24, 2.45) is 0 Å². The van der Waals surface area contributed by atoms with Gasteiger partial charge >= 0.3 is 5.97 Å². The molecular formula is C8H3F3N2O2. The van der Waals surface area contributed by atoms with E-state index in [0.29, 0.717) is 6.20 Å². The van der Waals surface area contributed by atoms with Crippen LogP contribution in [0.2, 0.25) is 0 Å². The van der Waals surface area contributed by atoms with Crippen LogP contribution in [0.15, 0.2) is 6.20 Å². The molecule has 0 fully saturated rings. The zero-order valence-electron chi connectivity index (χ0n) is 7.04. The molecule has 1 rings (SSSR count). The summed E-state index contributed by atoms with van der Waals surface area (Å²) in [6.07, 6.45) is -2.91. The standard InChI is InChI=1S/C8H3F3N2O2/c9-4-2-13-6(8(14)15)3(1-12)5(4)7(10)11/h2,7H,(H,14,15). The van der Waals surface area contributed by atoms with Gasteiger partial charge < -0.3 is 5.11 Å². The zero-order chi connectivity index (χ0) is 11.6. The molecule has 0 bridgehead atoms. The summed E-state index contributed by atoms with van der Waals surface area (Å²) in [5.74, 6) is -3.06. The molecule has 78 valence electrons. The third-order valence-corrected chi connectivity index (χ3v) is 1.60. The SMILES string of the molecule is N#Cc1c(C(=O)O)ncc(F)c1C(F)F. The fourth-order valence-corrected chi connectivity index (χ4v) is 0.991. The molecule has 4 nitrogen and oxygen atoms in total. The molecule has 0 saturated carbocycles. The molecular weight excluding hydrogens is 213 g/mol. The Kier molecular flexibility index (Phi) is 2.90. The molecule has 0 radical (unpaired) electrons. The van der Waals surface area contributed by atoms with Crippen LogP contribution in [-0.2, 0) is 0 Å². The summed E-state index contributed by atoms with van der Waals surface area (Å²) in [5, 5.41) is 17.0. The minimum absolute atomic E-state index is 0.353. The van der Waals surface area contributed by atoms with E-state index >= 15 is 0 Å². The molecule has 15 heavy (non-hydrogen) atoms. The van der Waals surface area contributed by atoms with E-state index in [1.807, 2.05) is 0 Å². The van der Waals surface area contributed by atoms with E-state index in [9.17, 15) is 18.0 Å². The van der Waals surface area contributed by atoms with Crippen LogP contribution in [0.4, 0.5) is 13.2 Å². The topological polar surface area (TPSA) is 74.0 Å². The molecule has 0 saturated heterocycles. The second kappa shape index (κ2) is 3.96. The molecule has 0 unspecified atom stereocenters. The summed E-state index contributed by atoms with van der Waals surface area (Å²) in [6, 6.07) is 1.20. The first-order valence-corrected chi connectivity index (χ1v) is 3.59. The highest BCUT2D eigenvalue weighted by Crippen LogP contribution is 2.26. The number of hydrogen-bond acceptors (Lipinski definition) is 3. The highest BCUT2D eigenvalue weighted by atomic mass is 19.3. The van der Waals surface area contributed by atoms with Crippen molar-refractivity contribution in [1.82, 2.24) is 4.98 Å². The lowest BCUT2D eigenvalue weighted by molar-refractivity contribution is 0.0689. The van der Waals surface area contributed by atoms with Gasteiger partial charge in [-0.05, 0) is 0 Å². The monoisotopic (exact) mass is 216 g/mol. The predicted octanol–water partition coefficient (Wildman–Crippen LogP) is 1.73. The predicted molar refractivity (Wildman–Crippen MR) is 40.8 cm³/mol. The van der Waals surface area contributed by atoms with Gasteiger partial charge in [0.2, 0.25) is 0 Å². The summed E-state index contributed by atoms with van der Waals surface area (Å²) in [4.78, 5) is 13.5. The van der Waals surface area contributed by atoms with Crippen molar-refractivity contribution in [1.29, 1.82) is 5.26 Å². The average Bonchev–Trinajstić information content (AvgIpc) is 2.15. The number of aromatic carboxylic acids is 1. The fraction of sp³-hybridized carbons (Fsp3) is 0.125. The Balaban J connectivity index is 3.56. The normalized spacial score (nSPS) is 10.1. The first kappa shape index (κ1) is 11.0. The van der Waals surface area contributed by atoms with Gasteiger partial charge in [0, 0.05) is 0 Å². The van der Waals surface area contributed by atoms with Crippen molar-refractivity contribution < 1.29 is 23.1 Å². The Labute approximate surface area is 81.6 Å². The van der Waals surface area contributed by atoms with E-state index in [0.717, 1.165) is 0 Å². The van der Waals surface area contributed by atoms with Gasteiger partial charge in [0.05, 0.1) is 17.3 Å². The quantitative estimate of drug-likeness (QED) is 0.816. The fourth-order valence-electron chi connectivity index (χ4n) is 0.991. The van der Waals surface area contributed by atoms with Crippen molar-refractivity contribution in [3.05, 3.63) is 28.8 Å². The molecule has 0 atom stereocenters. The van der Waals surface area contributed by atoms with E-state index in [2.05, 4.69) is 4.98 Å². The smallest absolute Gasteiger partial charge is 0.355 e. The third kappa shape index (κ3) is 1.88. The Hall–Kier alpha value is -2.10. The summed E-state index contributed by atoms with van der Waals surface area (Å²) < 4.78 is 37.5. The van der Waals surface area contributed by atoms with E-state index < -0.39 is 35.0 Å². The molecule has 0 aromatic carbocycles. The van der Waals surface area contributed by atoms with Gasteiger partial charge in [0.25, 0.3) is 6.43 Å². The lowest BCUT2D eigenvalue weighted by Crippen LogP contribution is -2.09. The molecule has 0 aliphatic rings. The molecule has 1 aromatic rings. The minimum Gasteiger partial charge on any atom is -0.476 e. The van der Waals surface area contributed by atoms with Crippen LogP contribution in [0.3, 0.4) is 0 Å². The van der Waals surface area contributed by atoms with Crippen molar-refractivity contribution >= 4 is 5.97 Å². The van der Waals surface area contributed by atoms with Crippen LogP contribution < -0.4 is 0 Å². The number of alkyl halides is 2. The number of halogens is 3. The Morgan fingerprint density at radius 3 is 2.60 bits per heavy atom. The number of carboxylic acids is 1. The molecule has 7 heteroatoms. The maximum absolute atomic E-state index is 12.8. The van der Waals surface area contributed by atoms with Gasteiger partial charge in [-0.25, -0.2) is 22.9 Å². The summed E-state index contributed by atoms with van der Waals surface area (Å²) in [7, 11) is 0. The lowest BCUT2D eigenvalue weighted by Gasteiger charge is -2.05. The Morgan fingerprint density at radius 2 is 2.20 bits per heavy atom. The molecule has 0 aliphatic carbocycles. The molecule has 0 aliphatic heterocycles. The van der Waals surface area contributed by atoms with Crippen LogP contribution in [0, 0.1) is 17.1 Å². The van der Waals surface area contributed by atoms with E-state index in [4.69, 9.17) is 10.4 Å². The summed E-state index contributed by atoms with van der Waals surface area (Å²) in [5.41, 5.74) is -3.06. The van der Waals surface area contributed by atoms with Crippen molar-refractivity contribution in [3.63, 3.8) is 0 Å². The number of rotatable bonds is 2. The van der Waals surface area contributed by atoms with Gasteiger partial charge in [-0.15, -0.1) is 0 Å². The number of carboxylic acid groups (broad SMARTS) is 1. The summed E-state index contributed by atoms with van der Waals surface area (Å²) >= 11 is 0. The molecule has 1 aromatic heterocycles. The highest BCUT2D eigenvalue weighted by molar-refractivity contribution is 5.88. The number of hydrogen-bond donors (Lipinski definition) is 1. The average molecular weight is 216 g/mol. The van der Waals surface area contributed by atoms with Crippen LogP contribution >= 0.6 is 0 Å². The first-order chi connectivity index (χ1) is 6.99. The van der Waals surface area contributed by atoms with Crippen LogP contribution in [0.25, 0.3) is 0 Å².